The van der Waals surface area contributed by atoms with Gasteiger partial charge in [-0.3, -0.25) is 9.59 Å². The highest BCUT2D eigenvalue weighted by Gasteiger charge is 2.59. The van der Waals surface area contributed by atoms with Gasteiger partial charge in [0.25, 0.3) is 5.91 Å². The number of benzene rings is 1. The van der Waals surface area contributed by atoms with Crippen molar-refractivity contribution in [2.24, 2.45) is 11.3 Å². The zero-order valence-corrected chi connectivity index (χ0v) is 19.2. The third kappa shape index (κ3) is 4.54. The number of rotatable bonds is 5. The Morgan fingerprint density at radius 3 is 2.30 bits per heavy atom. The number of pyridine rings is 1. The summed E-state index contributed by atoms with van der Waals surface area (Å²) in [5.41, 5.74) is 0.0928. The van der Waals surface area contributed by atoms with Crippen LogP contribution in [0.2, 0.25) is 0 Å². The van der Waals surface area contributed by atoms with Gasteiger partial charge < -0.3 is 19.4 Å². The van der Waals surface area contributed by atoms with Gasteiger partial charge in [-0.2, -0.15) is 0 Å². The van der Waals surface area contributed by atoms with E-state index in [0.29, 0.717) is 24.7 Å². The van der Waals surface area contributed by atoms with Crippen molar-refractivity contribution in [2.75, 3.05) is 44.2 Å². The van der Waals surface area contributed by atoms with Gasteiger partial charge in [0.05, 0.1) is 0 Å². The number of anilines is 1. The van der Waals surface area contributed by atoms with Crippen LogP contribution < -0.4 is 9.64 Å². The molecule has 33 heavy (non-hydrogen) atoms. The molecule has 7 heteroatoms. The summed E-state index contributed by atoms with van der Waals surface area (Å²) in [6.07, 6.45) is 4.08. The molecule has 2 amide bonds. The Labute approximate surface area is 195 Å². The van der Waals surface area contributed by atoms with Crippen molar-refractivity contribution in [2.45, 2.75) is 32.3 Å². The van der Waals surface area contributed by atoms with Crippen molar-refractivity contribution in [1.82, 2.24) is 14.8 Å². The lowest BCUT2D eigenvalue weighted by molar-refractivity contribution is -0.140. The summed E-state index contributed by atoms with van der Waals surface area (Å²) in [6.45, 7) is 6.38. The van der Waals surface area contributed by atoms with Crippen molar-refractivity contribution >= 4 is 17.6 Å². The standard InChI is InChI=1S/C26H32N4O3/c1-20(33-21-7-3-2-4-8-21)24(31)29-13-10-26(11-14-29)19-22(26)25(32)30-17-15-28(16-18-30)23-9-5-6-12-27-23/h2-9,12,20,22H,10-11,13-19H2,1H3. The molecule has 1 spiro atoms. The van der Waals surface area contributed by atoms with Crippen LogP contribution in [-0.2, 0) is 9.59 Å². The van der Waals surface area contributed by atoms with Crippen molar-refractivity contribution in [1.29, 1.82) is 0 Å². The number of carbonyl (C=O) groups is 2. The zero-order chi connectivity index (χ0) is 22.8. The predicted molar refractivity (Wildman–Crippen MR) is 126 cm³/mol. The largest absolute Gasteiger partial charge is 0.481 e. The summed E-state index contributed by atoms with van der Waals surface area (Å²) < 4.78 is 5.82. The number of likely N-dealkylation sites (tertiary alicyclic amines) is 1. The smallest absolute Gasteiger partial charge is 0.263 e. The molecule has 2 aliphatic heterocycles. The summed E-state index contributed by atoms with van der Waals surface area (Å²) >= 11 is 0. The van der Waals surface area contributed by atoms with Gasteiger partial charge in [-0.15, -0.1) is 0 Å². The molecule has 3 aliphatic rings. The average Bonchev–Trinajstić information content (AvgIpc) is 3.57. The molecule has 2 saturated heterocycles. The van der Waals surface area contributed by atoms with E-state index >= 15 is 0 Å². The fourth-order valence-electron chi connectivity index (χ4n) is 5.35. The van der Waals surface area contributed by atoms with Crippen LogP contribution in [0.5, 0.6) is 5.75 Å². The van der Waals surface area contributed by atoms with E-state index in [1.807, 2.05) is 71.5 Å². The molecule has 1 aliphatic carbocycles. The molecule has 0 N–H and O–H groups in total. The van der Waals surface area contributed by atoms with E-state index in [1.54, 1.807) is 0 Å². The number of ether oxygens (including phenoxy) is 1. The molecule has 1 aromatic carbocycles. The minimum absolute atomic E-state index is 0.0304. The number of para-hydroxylation sites is 1. The molecule has 0 radical (unpaired) electrons. The van der Waals surface area contributed by atoms with E-state index < -0.39 is 6.10 Å². The van der Waals surface area contributed by atoms with Crippen molar-refractivity contribution in [3.05, 3.63) is 54.7 Å². The lowest BCUT2D eigenvalue weighted by Gasteiger charge is -2.37. The Morgan fingerprint density at radius 2 is 1.64 bits per heavy atom. The number of carbonyl (C=O) groups excluding carboxylic acids is 2. The highest BCUT2D eigenvalue weighted by molar-refractivity contribution is 5.84. The van der Waals surface area contributed by atoms with Gasteiger partial charge in [-0.25, -0.2) is 4.98 Å². The van der Waals surface area contributed by atoms with Crippen LogP contribution in [0.25, 0.3) is 0 Å². The summed E-state index contributed by atoms with van der Waals surface area (Å²) in [6, 6.07) is 15.4. The lowest BCUT2D eigenvalue weighted by Crippen LogP contribution is -2.50. The van der Waals surface area contributed by atoms with Gasteiger partial charge in [-0.1, -0.05) is 24.3 Å². The number of nitrogens with zero attached hydrogens (tertiary/aromatic N) is 4. The van der Waals surface area contributed by atoms with Gasteiger partial charge >= 0.3 is 0 Å². The van der Waals surface area contributed by atoms with Crippen LogP contribution in [0.1, 0.15) is 26.2 Å². The van der Waals surface area contributed by atoms with Crippen LogP contribution in [0, 0.1) is 11.3 Å². The Balaban J connectivity index is 1.09. The molecule has 1 aromatic heterocycles. The quantitative estimate of drug-likeness (QED) is 0.704. The minimum Gasteiger partial charge on any atom is -0.481 e. The van der Waals surface area contributed by atoms with E-state index in [0.717, 1.165) is 51.3 Å². The normalized spacial score (nSPS) is 22.7. The Hall–Kier alpha value is -3.09. The molecule has 3 fully saturated rings. The maximum absolute atomic E-state index is 13.2. The maximum atomic E-state index is 13.2. The van der Waals surface area contributed by atoms with Gasteiger partial charge in [0.2, 0.25) is 5.91 Å². The van der Waals surface area contributed by atoms with Crippen molar-refractivity contribution in [3.63, 3.8) is 0 Å². The average molecular weight is 449 g/mol. The van der Waals surface area contributed by atoms with Crippen LogP contribution >= 0.6 is 0 Å². The minimum atomic E-state index is -0.506. The third-order valence-electron chi connectivity index (χ3n) is 7.53. The summed E-state index contributed by atoms with van der Waals surface area (Å²) in [5.74, 6) is 2.14. The van der Waals surface area contributed by atoms with E-state index in [-0.39, 0.29) is 17.2 Å². The SMILES string of the molecule is CC(Oc1ccccc1)C(=O)N1CCC2(CC1)CC2C(=O)N1CCN(c2ccccn2)CC1. The first kappa shape index (κ1) is 21.7. The van der Waals surface area contributed by atoms with Crippen molar-refractivity contribution in [3.8, 4) is 5.75 Å². The van der Waals surface area contributed by atoms with E-state index in [1.165, 1.54) is 0 Å². The van der Waals surface area contributed by atoms with E-state index in [9.17, 15) is 9.59 Å². The van der Waals surface area contributed by atoms with Gasteiger partial charge in [0, 0.05) is 51.4 Å². The second-order valence-electron chi connectivity index (χ2n) is 9.52. The zero-order valence-electron chi connectivity index (χ0n) is 19.2. The monoisotopic (exact) mass is 448 g/mol. The Kier molecular flexibility index (Phi) is 5.96. The summed E-state index contributed by atoms with van der Waals surface area (Å²) in [7, 11) is 0. The first-order chi connectivity index (χ1) is 16.1. The predicted octanol–water partition coefficient (Wildman–Crippen LogP) is 2.83. The highest BCUT2D eigenvalue weighted by Crippen LogP contribution is 2.60. The van der Waals surface area contributed by atoms with Crippen molar-refractivity contribution < 1.29 is 14.3 Å². The number of piperidine rings is 1. The van der Waals surface area contributed by atoms with Crippen LogP contribution in [0.15, 0.2) is 54.7 Å². The summed E-state index contributed by atoms with van der Waals surface area (Å²) in [4.78, 5) is 36.7. The molecule has 2 atom stereocenters. The fourth-order valence-corrected chi connectivity index (χ4v) is 5.35. The lowest BCUT2D eigenvalue weighted by atomic mass is 9.90. The van der Waals surface area contributed by atoms with E-state index in [4.69, 9.17) is 4.74 Å². The fraction of sp³-hybridized carbons (Fsp3) is 0.500. The number of hydrogen-bond donors (Lipinski definition) is 0. The third-order valence-corrected chi connectivity index (χ3v) is 7.53. The molecule has 7 nitrogen and oxygen atoms in total. The van der Waals surface area contributed by atoms with Gasteiger partial charge in [0.15, 0.2) is 6.10 Å². The second kappa shape index (κ2) is 9.04. The topological polar surface area (TPSA) is 66.0 Å². The highest BCUT2D eigenvalue weighted by atomic mass is 16.5. The molecular formula is C26H32N4O3. The number of amides is 2. The number of hydrogen-bond acceptors (Lipinski definition) is 5. The first-order valence-corrected chi connectivity index (χ1v) is 12.0. The van der Waals surface area contributed by atoms with Crippen LogP contribution in [0.4, 0.5) is 5.82 Å². The number of piperazine rings is 1. The molecule has 2 unspecified atom stereocenters. The number of aromatic nitrogens is 1. The van der Waals surface area contributed by atoms with Crippen LogP contribution in [-0.4, -0.2) is 72.0 Å². The first-order valence-electron chi connectivity index (χ1n) is 12.0. The van der Waals surface area contributed by atoms with Gasteiger partial charge in [-0.05, 0) is 55.9 Å². The molecule has 0 bridgehead atoms. The molecular weight excluding hydrogens is 416 g/mol. The summed E-state index contributed by atoms with van der Waals surface area (Å²) in [5, 5.41) is 0. The molecule has 2 aromatic rings. The maximum Gasteiger partial charge on any atom is 0.263 e. The molecule has 3 heterocycles. The second-order valence-corrected chi connectivity index (χ2v) is 9.52. The van der Waals surface area contributed by atoms with E-state index in [2.05, 4.69) is 9.88 Å². The van der Waals surface area contributed by atoms with Gasteiger partial charge in [0.1, 0.15) is 11.6 Å². The Morgan fingerprint density at radius 1 is 0.939 bits per heavy atom. The molecule has 1 saturated carbocycles. The molecule has 5 rings (SSSR count). The Bertz CT molecular complexity index is 968. The van der Waals surface area contributed by atoms with Crippen LogP contribution in [0.3, 0.4) is 0 Å². The molecule has 174 valence electrons.